The van der Waals surface area contributed by atoms with E-state index in [1.165, 1.54) is 6.08 Å². The van der Waals surface area contributed by atoms with Crippen LogP contribution >= 0.6 is 0 Å². The highest BCUT2D eigenvalue weighted by Gasteiger charge is 2.09. The molecular weight excluding hydrogens is 372 g/mol. The standard InChI is InChI=1S/C24H30N2O2.C2H6/c1-5-11-21(23(7-3)26-22(12-6-2)15-16-27)17-19(4)24(28)25-18-20-13-9-8-10-14-20;1-2/h5,7-11,13-17,26H,4,6,12,18H2,1-3H3,(H,25,28);1-2H3/b11-5-,21-17+,22-15+,23-7-;. The summed E-state index contributed by atoms with van der Waals surface area (Å²) in [5, 5.41) is 6.17. The number of benzene rings is 1. The Kier molecular flexibility index (Phi) is 15.0. The maximum atomic E-state index is 12.4. The van der Waals surface area contributed by atoms with Crippen LogP contribution in [0.4, 0.5) is 0 Å². The molecule has 0 aliphatic rings. The molecule has 0 fully saturated rings. The lowest BCUT2D eigenvalue weighted by Crippen LogP contribution is -2.23. The van der Waals surface area contributed by atoms with E-state index in [0.717, 1.165) is 41.7 Å². The fourth-order valence-corrected chi connectivity index (χ4v) is 2.56. The third-order valence-electron chi connectivity index (χ3n) is 3.95. The Labute approximate surface area is 182 Å². The van der Waals surface area contributed by atoms with Gasteiger partial charge in [0.2, 0.25) is 0 Å². The smallest absolute Gasteiger partial charge is 0.250 e. The molecule has 30 heavy (non-hydrogen) atoms. The Morgan fingerprint density at radius 1 is 1.13 bits per heavy atom. The number of hydrogen-bond donors (Lipinski definition) is 2. The van der Waals surface area contributed by atoms with Gasteiger partial charge in [0.15, 0.2) is 0 Å². The maximum absolute atomic E-state index is 12.4. The van der Waals surface area contributed by atoms with Gasteiger partial charge in [-0.1, -0.05) is 82.3 Å². The van der Waals surface area contributed by atoms with E-state index < -0.39 is 0 Å². The second kappa shape index (κ2) is 16.8. The molecule has 162 valence electrons. The third-order valence-corrected chi connectivity index (χ3v) is 3.95. The first-order chi connectivity index (χ1) is 14.5. The van der Waals surface area contributed by atoms with Crippen molar-refractivity contribution in [2.24, 2.45) is 0 Å². The molecule has 0 spiro atoms. The van der Waals surface area contributed by atoms with Crippen LogP contribution in [0.15, 0.2) is 89.8 Å². The first kappa shape index (κ1) is 26.9. The zero-order valence-electron chi connectivity index (χ0n) is 19.0. The number of amides is 1. The fraction of sp³-hybridized carbons (Fsp3) is 0.308. The number of allylic oxidation sites excluding steroid dienone is 5. The zero-order chi connectivity index (χ0) is 22.8. The quantitative estimate of drug-likeness (QED) is 0.278. The van der Waals surface area contributed by atoms with E-state index in [0.29, 0.717) is 12.1 Å². The van der Waals surface area contributed by atoms with E-state index in [1.807, 2.05) is 76.3 Å². The molecule has 1 amide bonds. The lowest BCUT2D eigenvalue weighted by Gasteiger charge is -2.15. The molecule has 0 unspecified atom stereocenters. The molecule has 0 aliphatic carbocycles. The number of carbonyl (C=O) groups is 2. The number of aldehydes is 1. The van der Waals surface area contributed by atoms with Crippen LogP contribution in [0.2, 0.25) is 0 Å². The number of hydrogen-bond acceptors (Lipinski definition) is 3. The maximum Gasteiger partial charge on any atom is 0.250 e. The van der Waals surface area contributed by atoms with Crippen molar-refractivity contribution in [2.45, 2.75) is 54.0 Å². The summed E-state index contributed by atoms with van der Waals surface area (Å²) < 4.78 is 0. The Bertz CT molecular complexity index is 785. The molecule has 1 aromatic rings. The van der Waals surface area contributed by atoms with E-state index in [4.69, 9.17) is 0 Å². The van der Waals surface area contributed by atoms with Crippen molar-refractivity contribution < 1.29 is 9.59 Å². The molecule has 0 atom stereocenters. The van der Waals surface area contributed by atoms with E-state index in [9.17, 15) is 9.59 Å². The van der Waals surface area contributed by atoms with Crippen molar-refractivity contribution in [2.75, 3.05) is 0 Å². The number of nitrogens with one attached hydrogen (secondary N) is 2. The van der Waals surface area contributed by atoms with Crippen LogP contribution in [0.5, 0.6) is 0 Å². The van der Waals surface area contributed by atoms with Gasteiger partial charge in [0.25, 0.3) is 5.91 Å². The van der Waals surface area contributed by atoms with Crippen LogP contribution in [0.25, 0.3) is 0 Å². The van der Waals surface area contributed by atoms with Crippen molar-refractivity contribution in [1.29, 1.82) is 0 Å². The Balaban J connectivity index is 0.00000407. The summed E-state index contributed by atoms with van der Waals surface area (Å²) in [7, 11) is 0. The minimum atomic E-state index is -0.224. The normalized spacial score (nSPS) is 12.1. The summed E-state index contributed by atoms with van der Waals surface area (Å²) in [6.07, 6.45) is 11.4. The van der Waals surface area contributed by atoms with Gasteiger partial charge in [-0.15, -0.1) is 0 Å². The molecule has 1 aromatic carbocycles. The molecule has 0 heterocycles. The SMILES string of the molecule is C=C(/C=C(\C=C/C)C(=C/C)/N/C(=C/C=O)CCC)C(=O)NCc1ccccc1.CC. The van der Waals surface area contributed by atoms with E-state index in [1.54, 1.807) is 6.08 Å². The van der Waals surface area contributed by atoms with Gasteiger partial charge >= 0.3 is 0 Å². The Morgan fingerprint density at radius 2 is 1.80 bits per heavy atom. The van der Waals surface area contributed by atoms with Crippen molar-refractivity contribution in [1.82, 2.24) is 10.6 Å². The van der Waals surface area contributed by atoms with E-state index >= 15 is 0 Å². The zero-order valence-corrected chi connectivity index (χ0v) is 19.0. The molecule has 2 N–H and O–H groups in total. The highest BCUT2D eigenvalue weighted by atomic mass is 16.1. The van der Waals surface area contributed by atoms with Crippen LogP contribution in [0.3, 0.4) is 0 Å². The predicted octanol–water partition coefficient (Wildman–Crippen LogP) is 5.76. The minimum Gasteiger partial charge on any atom is -0.359 e. The largest absolute Gasteiger partial charge is 0.359 e. The van der Waals surface area contributed by atoms with Crippen molar-refractivity contribution in [3.63, 3.8) is 0 Å². The summed E-state index contributed by atoms with van der Waals surface area (Å²) in [5.74, 6) is -0.224. The molecule has 0 saturated carbocycles. The molecule has 4 nitrogen and oxygen atoms in total. The van der Waals surface area contributed by atoms with Crippen LogP contribution < -0.4 is 10.6 Å². The molecule has 0 aromatic heterocycles. The van der Waals surface area contributed by atoms with Gasteiger partial charge in [0.05, 0.1) is 0 Å². The molecular formula is C26H36N2O2. The lowest BCUT2D eigenvalue weighted by molar-refractivity contribution is -0.117. The number of carbonyl (C=O) groups excluding carboxylic acids is 2. The molecule has 0 aliphatic heterocycles. The van der Waals surface area contributed by atoms with Crippen molar-refractivity contribution in [3.8, 4) is 0 Å². The molecule has 4 heteroatoms. The second-order valence-corrected chi connectivity index (χ2v) is 6.20. The second-order valence-electron chi connectivity index (χ2n) is 6.20. The van der Waals surface area contributed by atoms with Crippen molar-refractivity contribution in [3.05, 3.63) is 95.4 Å². The van der Waals surface area contributed by atoms with Crippen LogP contribution in [0, 0.1) is 0 Å². The highest BCUT2D eigenvalue weighted by Crippen LogP contribution is 2.15. The average Bonchev–Trinajstić information content (AvgIpc) is 2.77. The third kappa shape index (κ3) is 10.4. The van der Waals surface area contributed by atoms with Crippen molar-refractivity contribution >= 4 is 12.2 Å². The van der Waals surface area contributed by atoms with Gasteiger partial charge in [-0.05, 0) is 43.6 Å². The molecule has 0 saturated heterocycles. The summed E-state index contributed by atoms with van der Waals surface area (Å²) in [6, 6.07) is 9.73. The predicted molar refractivity (Wildman–Crippen MR) is 128 cm³/mol. The van der Waals surface area contributed by atoms with Crippen LogP contribution in [-0.4, -0.2) is 12.2 Å². The Hall–Kier alpha value is -3.14. The van der Waals surface area contributed by atoms with Gasteiger partial charge in [-0.25, -0.2) is 0 Å². The molecule has 0 radical (unpaired) electrons. The summed E-state index contributed by atoms with van der Waals surface area (Å²) in [5.41, 5.74) is 3.86. The summed E-state index contributed by atoms with van der Waals surface area (Å²) in [4.78, 5) is 23.3. The highest BCUT2D eigenvalue weighted by molar-refractivity contribution is 5.95. The van der Waals surface area contributed by atoms with Gasteiger partial charge in [-0.2, -0.15) is 0 Å². The molecule has 1 rings (SSSR count). The van der Waals surface area contributed by atoms with Crippen LogP contribution in [0.1, 0.15) is 53.0 Å². The Morgan fingerprint density at radius 3 is 2.33 bits per heavy atom. The molecule has 0 bridgehead atoms. The van der Waals surface area contributed by atoms with Gasteiger partial charge in [0, 0.05) is 23.5 Å². The fourth-order valence-electron chi connectivity index (χ4n) is 2.56. The summed E-state index contributed by atoms with van der Waals surface area (Å²) in [6.45, 7) is 14.2. The number of rotatable bonds is 11. The first-order valence-corrected chi connectivity index (χ1v) is 10.5. The monoisotopic (exact) mass is 408 g/mol. The van der Waals surface area contributed by atoms with Crippen LogP contribution in [-0.2, 0) is 16.1 Å². The van der Waals surface area contributed by atoms with E-state index in [-0.39, 0.29) is 5.91 Å². The topological polar surface area (TPSA) is 58.2 Å². The average molecular weight is 409 g/mol. The van der Waals surface area contributed by atoms with Gasteiger partial charge in [-0.3, -0.25) is 9.59 Å². The first-order valence-electron chi connectivity index (χ1n) is 10.5. The van der Waals surface area contributed by atoms with E-state index in [2.05, 4.69) is 24.1 Å². The lowest BCUT2D eigenvalue weighted by atomic mass is 10.1. The summed E-state index contributed by atoms with van der Waals surface area (Å²) >= 11 is 0. The van der Waals surface area contributed by atoms with Gasteiger partial charge in [0.1, 0.15) is 6.29 Å². The van der Waals surface area contributed by atoms with Gasteiger partial charge < -0.3 is 10.6 Å². The minimum absolute atomic E-state index is 0.224.